The monoisotopic (exact) mass is 468 g/mol. The van der Waals surface area contributed by atoms with Gasteiger partial charge in [0.05, 0.1) is 30.8 Å². The van der Waals surface area contributed by atoms with Crippen molar-refractivity contribution in [2.24, 2.45) is 0 Å². The first-order valence-electron chi connectivity index (χ1n) is 10.4. The molecule has 0 fully saturated rings. The van der Waals surface area contributed by atoms with Gasteiger partial charge in [0.25, 0.3) is 10.0 Å². The van der Waals surface area contributed by atoms with Crippen molar-refractivity contribution in [1.82, 2.24) is 5.32 Å². The van der Waals surface area contributed by atoms with Gasteiger partial charge in [-0.3, -0.25) is 9.10 Å². The van der Waals surface area contributed by atoms with Crippen molar-refractivity contribution in [3.05, 3.63) is 83.9 Å². The summed E-state index contributed by atoms with van der Waals surface area (Å²) >= 11 is 0. The molecule has 174 valence electrons. The zero-order valence-electron chi connectivity index (χ0n) is 19.1. The molecule has 0 aliphatic carbocycles. The molecule has 0 aromatic heterocycles. The molecule has 7 nitrogen and oxygen atoms in total. The molecular weight excluding hydrogens is 440 g/mol. The van der Waals surface area contributed by atoms with E-state index >= 15 is 0 Å². The van der Waals surface area contributed by atoms with Crippen LogP contribution in [0.5, 0.6) is 11.5 Å². The number of nitrogens with zero attached hydrogens (tertiary/aromatic N) is 1. The Labute approximate surface area is 195 Å². The van der Waals surface area contributed by atoms with Crippen LogP contribution in [0, 0.1) is 6.92 Å². The van der Waals surface area contributed by atoms with Gasteiger partial charge in [-0.05, 0) is 61.4 Å². The lowest BCUT2D eigenvalue weighted by Crippen LogP contribution is -2.41. The molecule has 33 heavy (non-hydrogen) atoms. The summed E-state index contributed by atoms with van der Waals surface area (Å²) in [4.78, 5) is 13.1. The Bertz CT molecular complexity index is 1210. The number of benzene rings is 3. The maximum absolute atomic E-state index is 13.4. The molecule has 3 aromatic rings. The minimum Gasteiger partial charge on any atom is -0.493 e. The molecule has 0 bridgehead atoms. The van der Waals surface area contributed by atoms with E-state index in [0.717, 1.165) is 15.4 Å². The number of hydrogen-bond acceptors (Lipinski definition) is 5. The number of sulfonamides is 1. The van der Waals surface area contributed by atoms with Gasteiger partial charge < -0.3 is 14.8 Å². The first-order valence-corrected chi connectivity index (χ1v) is 11.9. The van der Waals surface area contributed by atoms with Crippen molar-refractivity contribution in [1.29, 1.82) is 0 Å². The van der Waals surface area contributed by atoms with E-state index in [2.05, 4.69) is 5.32 Å². The molecule has 0 aliphatic heterocycles. The molecule has 1 amide bonds. The van der Waals surface area contributed by atoms with Crippen molar-refractivity contribution in [3.8, 4) is 11.5 Å². The van der Waals surface area contributed by atoms with Crippen molar-refractivity contribution >= 4 is 21.6 Å². The second-order valence-corrected chi connectivity index (χ2v) is 9.43. The number of aryl methyl sites for hydroxylation is 1. The van der Waals surface area contributed by atoms with E-state index in [0.29, 0.717) is 17.2 Å². The molecule has 0 heterocycles. The van der Waals surface area contributed by atoms with E-state index < -0.39 is 15.9 Å². The molecule has 1 atom stereocenters. The molecule has 3 aromatic carbocycles. The highest BCUT2D eigenvalue weighted by Crippen LogP contribution is 2.30. The summed E-state index contributed by atoms with van der Waals surface area (Å²) in [5.74, 6) is 0.696. The van der Waals surface area contributed by atoms with Crippen LogP contribution in [0.1, 0.15) is 24.1 Å². The predicted octanol–water partition coefficient (Wildman–Crippen LogP) is 4.08. The normalized spacial score (nSPS) is 12.0. The van der Waals surface area contributed by atoms with Gasteiger partial charge in [0.2, 0.25) is 5.91 Å². The first kappa shape index (κ1) is 24.1. The maximum atomic E-state index is 13.4. The van der Waals surface area contributed by atoms with E-state index in [-0.39, 0.29) is 17.5 Å². The summed E-state index contributed by atoms with van der Waals surface area (Å²) in [5, 5.41) is 2.88. The molecule has 0 unspecified atom stereocenters. The number of nitrogens with one attached hydrogen (secondary N) is 1. The van der Waals surface area contributed by atoms with Crippen LogP contribution >= 0.6 is 0 Å². The minimum atomic E-state index is -3.95. The van der Waals surface area contributed by atoms with Crippen LogP contribution in [0.25, 0.3) is 0 Å². The third kappa shape index (κ3) is 5.64. The average molecular weight is 469 g/mol. The van der Waals surface area contributed by atoms with Gasteiger partial charge in [0.1, 0.15) is 6.54 Å². The highest BCUT2D eigenvalue weighted by atomic mass is 32.2. The quantitative estimate of drug-likeness (QED) is 0.511. The SMILES string of the molecule is COc1ccc([C@@H](C)NC(=O)CN(c2cccc(C)c2)S(=O)(=O)c2ccccc2)cc1OC. The fraction of sp³-hybridized carbons (Fsp3) is 0.240. The van der Waals surface area contributed by atoms with Gasteiger partial charge in [-0.2, -0.15) is 0 Å². The lowest BCUT2D eigenvalue weighted by molar-refractivity contribution is -0.120. The average Bonchev–Trinajstić information content (AvgIpc) is 2.82. The number of carbonyl (C=O) groups excluding carboxylic acids is 1. The number of amides is 1. The Hall–Kier alpha value is -3.52. The summed E-state index contributed by atoms with van der Waals surface area (Å²) < 4.78 is 38.5. The number of anilines is 1. The second kappa shape index (κ2) is 10.4. The molecule has 0 saturated carbocycles. The summed E-state index contributed by atoms with van der Waals surface area (Å²) in [5.41, 5.74) is 2.11. The predicted molar refractivity (Wildman–Crippen MR) is 128 cm³/mol. The van der Waals surface area contributed by atoms with Crippen LogP contribution in [0.15, 0.2) is 77.7 Å². The Morgan fingerprint density at radius 1 is 0.939 bits per heavy atom. The summed E-state index contributed by atoms with van der Waals surface area (Å²) in [6.07, 6.45) is 0. The van der Waals surface area contributed by atoms with Gasteiger partial charge >= 0.3 is 0 Å². The molecular formula is C25H28N2O5S. The lowest BCUT2D eigenvalue weighted by Gasteiger charge is -2.25. The Balaban J connectivity index is 1.86. The highest BCUT2D eigenvalue weighted by Gasteiger charge is 2.27. The number of carbonyl (C=O) groups is 1. The smallest absolute Gasteiger partial charge is 0.264 e. The highest BCUT2D eigenvalue weighted by molar-refractivity contribution is 7.92. The van der Waals surface area contributed by atoms with E-state index in [9.17, 15) is 13.2 Å². The molecule has 0 radical (unpaired) electrons. The van der Waals surface area contributed by atoms with Gasteiger partial charge in [-0.1, -0.05) is 36.4 Å². The molecule has 0 spiro atoms. The third-order valence-corrected chi connectivity index (χ3v) is 6.98. The first-order chi connectivity index (χ1) is 15.8. The number of methoxy groups -OCH3 is 2. The summed E-state index contributed by atoms with van der Waals surface area (Å²) in [6, 6.07) is 20.1. The van der Waals surface area contributed by atoms with Crippen molar-refractivity contribution in [3.63, 3.8) is 0 Å². The zero-order chi connectivity index (χ0) is 24.0. The standard InChI is InChI=1S/C25H28N2O5S/c1-18-9-8-10-21(15-18)27(33(29,30)22-11-6-5-7-12-22)17-25(28)26-19(2)20-13-14-23(31-3)24(16-20)32-4/h5-16,19H,17H2,1-4H3,(H,26,28)/t19-/m1/s1. The van der Waals surface area contributed by atoms with Crippen LogP contribution in [-0.4, -0.2) is 35.1 Å². The van der Waals surface area contributed by atoms with Gasteiger partial charge in [-0.15, -0.1) is 0 Å². The van der Waals surface area contributed by atoms with Gasteiger partial charge in [-0.25, -0.2) is 8.42 Å². The van der Waals surface area contributed by atoms with E-state index in [1.165, 1.54) is 12.1 Å². The number of hydrogen-bond donors (Lipinski definition) is 1. The lowest BCUT2D eigenvalue weighted by atomic mass is 10.1. The molecule has 1 N–H and O–H groups in total. The fourth-order valence-electron chi connectivity index (χ4n) is 3.44. The number of rotatable bonds is 9. The fourth-order valence-corrected chi connectivity index (χ4v) is 4.87. The number of ether oxygens (including phenoxy) is 2. The minimum absolute atomic E-state index is 0.118. The molecule has 8 heteroatoms. The molecule has 0 saturated heterocycles. The Kier molecular flexibility index (Phi) is 7.60. The van der Waals surface area contributed by atoms with E-state index in [1.807, 2.05) is 26.0 Å². The Morgan fingerprint density at radius 2 is 1.64 bits per heavy atom. The van der Waals surface area contributed by atoms with E-state index in [1.54, 1.807) is 62.8 Å². The van der Waals surface area contributed by atoms with Crippen molar-refractivity contribution in [2.45, 2.75) is 24.8 Å². The molecule has 0 aliphatic rings. The van der Waals surface area contributed by atoms with Crippen LogP contribution in [0.2, 0.25) is 0 Å². The maximum Gasteiger partial charge on any atom is 0.264 e. The third-order valence-electron chi connectivity index (χ3n) is 5.19. The topological polar surface area (TPSA) is 84.9 Å². The summed E-state index contributed by atoms with van der Waals surface area (Å²) in [6.45, 7) is 3.33. The van der Waals surface area contributed by atoms with Crippen LogP contribution in [0.4, 0.5) is 5.69 Å². The zero-order valence-corrected chi connectivity index (χ0v) is 19.9. The van der Waals surface area contributed by atoms with Gasteiger partial charge in [0, 0.05) is 0 Å². The largest absolute Gasteiger partial charge is 0.493 e. The van der Waals surface area contributed by atoms with Crippen LogP contribution in [-0.2, 0) is 14.8 Å². The van der Waals surface area contributed by atoms with Gasteiger partial charge in [0.15, 0.2) is 11.5 Å². The van der Waals surface area contributed by atoms with Crippen LogP contribution in [0.3, 0.4) is 0 Å². The van der Waals surface area contributed by atoms with Crippen LogP contribution < -0.4 is 19.1 Å². The summed E-state index contributed by atoms with van der Waals surface area (Å²) in [7, 11) is -0.858. The van der Waals surface area contributed by atoms with E-state index in [4.69, 9.17) is 9.47 Å². The second-order valence-electron chi connectivity index (χ2n) is 7.57. The van der Waals surface area contributed by atoms with Crippen molar-refractivity contribution in [2.75, 3.05) is 25.1 Å². The molecule has 3 rings (SSSR count). The van der Waals surface area contributed by atoms with Crippen molar-refractivity contribution < 1.29 is 22.7 Å². The Morgan fingerprint density at radius 3 is 2.27 bits per heavy atom.